The summed E-state index contributed by atoms with van der Waals surface area (Å²) in [6.45, 7) is 4.54. The Labute approximate surface area is 213 Å². The van der Waals surface area contributed by atoms with Crippen molar-refractivity contribution in [2.45, 2.75) is 69.6 Å². The first kappa shape index (κ1) is 24.8. The van der Waals surface area contributed by atoms with Crippen LogP contribution in [-0.2, 0) is 9.47 Å². The molecule has 0 spiro atoms. The number of anilines is 2. The molecule has 35 heavy (non-hydrogen) atoms. The van der Waals surface area contributed by atoms with Gasteiger partial charge in [-0.15, -0.1) is 0 Å². The molecular formula is C27H38ClN5O2. The highest BCUT2D eigenvalue weighted by molar-refractivity contribution is 6.33. The lowest BCUT2D eigenvalue weighted by molar-refractivity contribution is 0.0699. The molecule has 2 aliphatic heterocycles. The summed E-state index contributed by atoms with van der Waals surface area (Å²) in [4.78, 5) is 9.39. The van der Waals surface area contributed by atoms with Gasteiger partial charge in [-0.3, -0.25) is 0 Å². The fourth-order valence-corrected chi connectivity index (χ4v) is 5.55. The van der Waals surface area contributed by atoms with Gasteiger partial charge in [0.25, 0.3) is 0 Å². The summed E-state index contributed by atoms with van der Waals surface area (Å²) in [5.74, 6) is 2.38. The van der Waals surface area contributed by atoms with Crippen LogP contribution in [0.3, 0.4) is 0 Å². The molecular weight excluding hydrogens is 462 g/mol. The van der Waals surface area contributed by atoms with E-state index in [4.69, 9.17) is 26.1 Å². The van der Waals surface area contributed by atoms with Gasteiger partial charge < -0.3 is 25.4 Å². The largest absolute Gasteiger partial charge is 0.381 e. The van der Waals surface area contributed by atoms with Crippen molar-refractivity contribution in [1.82, 2.24) is 15.3 Å². The Morgan fingerprint density at radius 3 is 2.54 bits per heavy atom. The second-order valence-corrected chi connectivity index (χ2v) is 10.5. The first-order valence-electron chi connectivity index (χ1n) is 13.3. The van der Waals surface area contributed by atoms with Crippen molar-refractivity contribution in [3.8, 4) is 11.3 Å². The average molecular weight is 500 g/mol. The van der Waals surface area contributed by atoms with Crippen LogP contribution in [0.25, 0.3) is 11.3 Å². The van der Waals surface area contributed by atoms with Gasteiger partial charge in [-0.2, -0.15) is 0 Å². The number of ether oxygens (including phenoxy) is 2. The van der Waals surface area contributed by atoms with E-state index < -0.39 is 0 Å². The molecule has 3 aliphatic rings. The minimum absolute atomic E-state index is 0.409. The van der Waals surface area contributed by atoms with Crippen molar-refractivity contribution in [2.24, 2.45) is 5.92 Å². The van der Waals surface area contributed by atoms with Gasteiger partial charge in [0.2, 0.25) is 0 Å². The van der Waals surface area contributed by atoms with E-state index in [0.717, 1.165) is 81.5 Å². The lowest BCUT2D eigenvalue weighted by Gasteiger charge is -2.30. The van der Waals surface area contributed by atoms with Crippen molar-refractivity contribution >= 4 is 23.2 Å². The Kier molecular flexibility index (Phi) is 8.73. The second kappa shape index (κ2) is 12.3. The lowest BCUT2D eigenvalue weighted by atomic mass is 9.91. The third-order valence-corrected chi connectivity index (χ3v) is 7.83. The fraction of sp³-hybridized carbons (Fsp3) is 0.630. The van der Waals surface area contributed by atoms with Gasteiger partial charge >= 0.3 is 0 Å². The van der Waals surface area contributed by atoms with Crippen molar-refractivity contribution in [1.29, 1.82) is 0 Å². The summed E-state index contributed by atoms with van der Waals surface area (Å²) in [6.07, 6.45) is 11.4. The zero-order chi connectivity index (χ0) is 23.9. The third kappa shape index (κ3) is 7.06. The fourth-order valence-electron chi connectivity index (χ4n) is 5.35. The molecule has 3 fully saturated rings. The quantitative estimate of drug-likeness (QED) is 0.441. The predicted molar refractivity (Wildman–Crippen MR) is 141 cm³/mol. The second-order valence-electron chi connectivity index (χ2n) is 10.1. The van der Waals surface area contributed by atoms with Crippen molar-refractivity contribution in [3.63, 3.8) is 0 Å². The minimum atomic E-state index is 0.409. The van der Waals surface area contributed by atoms with E-state index >= 15 is 0 Å². The van der Waals surface area contributed by atoms with Crippen LogP contribution in [0, 0.1) is 5.92 Å². The zero-order valence-corrected chi connectivity index (χ0v) is 21.2. The van der Waals surface area contributed by atoms with Crippen LogP contribution < -0.4 is 16.0 Å². The molecule has 0 radical (unpaired) electrons. The molecule has 8 heteroatoms. The number of pyridine rings is 2. The summed E-state index contributed by atoms with van der Waals surface area (Å²) in [7, 11) is 0. The molecule has 1 atom stereocenters. The number of hydrogen-bond donors (Lipinski definition) is 3. The van der Waals surface area contributed by atoms with Crippen LogP contribution in [0.1, 0.15) is 51.4 Å². The van der Waals surface area contributed by atoms with E-state index in [1.807, 2.05) is 24.3 Å². The molecule has 2 aromatic rings. The van der Waals surface area contributed by atoms with E-state index in [1.165, 1.54) is 25.7 Å². The molecule has 5 rings (SSSR count). The number of nitrogens with zero attached hydrogens (tertiary/aromatic N) is 2. The highest BCUT2D eigenvalue weighted by Gasteiger charge is 2.23. The van der Waals surface area contributed by atoms with E-state index in [2.05, 4.69) is 20.9 Å². The number of aromatic nitrogens is 2. The van der Waals surface area contributed by atoms with Gasteiger partial charge in [0, 0.05) is 56.8 Å². The van der Waals surface area contributed by atoms with Crippen molar-refractivity contribution in [3.05, 3.63) is 35.5 Å². The Bertz CT molecular complexity index is 941. The van der Waals surface area contributed by atoms with Crippen LogP contribution in [0.2, 0.25) is 5.02 Å². The first-order chi connectivity index (χ1) is 17.2. The molecule has 1 aliphatic carbocycles. The molecule has 0 unspecified atom stereocenters. The molecule has 2 aromatic heterocycles. The van der Waals surface area contributed by atoms with Crippen molar-refractivity contribution in [2.75, 3.05) is 43.5 Å². The average Bonchev–Trinajstić information content (AvgIpc) is 3.43. The summed E-state index contributed by atoms with van der Waals surface area (Å²) in [6, 6.07) is 9.11. The van der Waals surface area contributed by atoms with Crippen LogP contribution in [-0.4, -0.2) is 61.1 Å². The van der Waals surface area contributed by atoms with Crippen LogP contribution >= 0.6 is 11.6 Å². The van der Waals surface area contributed by atoms with Crippen LogP contribution in [0.4, 0.5) is 11.6 Å². The molecule has 2 saturated heterocycles. The van der Waals surface area contributed by atoms with Crippen molar-refractivity contribution < 1.29 is 9.47 Å². The summed E-state index contributed by atoms with van der Waals surface area (Å²) >= 11 is 6.55. The Balaban J connectivity index is 1.15. The minimum Gasteiger partial charge on any atom is -0.381 e. The first-order valence-corrected chi connectivity index (χ1v) is 13.7. The number of rotatable bonds is 9. The SMILES string of the molecule is Clc1cnc(NC2CCC(NC[C@H]3CCCO3)CC2)cc1-c1cccc(NCC2CCOCC2)n1. The van der Waals surface area contributed by atoms with Crippen LogP contribution in [0.15, 0.2) is 30.5 Å². The van der Waals surface area contributed by atoms with Gasteiger partial charge in [-0.05, 0) is 75.5 Å². The van der Waals surface area contributed by atoms with Gasteiger partial charge in [0.15, 0.2) is 0 Å². The van der Waals surface area contributed by atoms with Gasteiger partial charge in [-0.25, -0.2) is 9.97 Å². The number of hydrogen-bond acceptors (Lipinski definition) is 7. The Morgan fingerprint density at radius 2 is 1.74 bits per heavy atom. The highest BCUT2D eigenvalue weighted by Crippen LogP contribution is 2.30. The monoisotopic (exact) mass is 499 g/mol. The molecule has 0 amide bonds. The van der Waals surface area contributed by atoms with Gasteiger partial charge in [-0.1, -0.05) is 17.7 Å². The molecule has 0 aromatic carbocycles. The van der Waals surface area contributed by atoms with E-state index in [0.29, 0.717) is 29.1 Å². The number of halogens is 1. The van der Waals surface area contributed by atoms with E-state index in [9.17, 15) is 0 Å². The summed E-state index contributed by atoms with van der Waals surface area (Å²) in [5.41, 5.74) is 1.77. The Morgan fingerprint density at radius 1 is 0.914 bits per heavy atom. The van der Waals surface area contributed by atoms with Gasteiger partial charge in [0.05, 0.1) is 16.8 Å². The maximum atomic E-state index is 6.55. The maximum Gasteiger partial charge on any atom is 0.126 e. The summed E-state index contributed by atoms with van der Waals surface area (Å²) in [5, 5.41) is 11.5. The number of nitrogens with one attached hydrogen (secondary N) is 3. The molecule has 7 nitrogen and oxygen atoms in total. The molecule has 190 valence electrons. The highest BCUT2D eigenvalue weighted by atomic mass is 35.5. The lowest BCUT2D eigenvalue weighted by Crippen LogP contribution is -2.40. The zero-order valence-electron chi connectivity index (χ0n) is 20.5. The molecule has 1 saturated carbocycles. The summed E-state index contributed by atoms with van der Waals surface area (Å²) < 4.78 is 11.2. The van der Waals surface area contributed by atoms with E-state index in [-0.39, 0.29) is 0 Å². The molecule has 4 heterocycles. The maximum absolute atomic E-state index is 6.55. The third-order valence-electron chi connectivity index (χ3n) is 7.53. The Hall–Kier alpha value is -1.93. The predicted octanol–water partition coefficient (Wildman–Crippen LogP) is 5.13. The van der Waals surface area contributed by atoms with Crippen LogP contribution in [0.5, 0.6) is 0 Å². The van der Waals surface area contributed by atoms with Gasteiger partial charge in [0.1, 0.15) is 11.6 Å². The van der Waals surface area contributed by atoms with E-state index in [1.54, 1.807) is 6.20 Å². The normalized spacial score (nSPS) is 25.5. The molecule has 0 bridgehead atoms. The smallest absolute Gasteiger partial charge is 0.126 e. The standard InChI is InChI=1S/C27H38ClN5O2/c28-24-18-31-27(32-21-8-6-20(7-9-21)29-17-22-3-2-12-35-22)15-23(24)25-4-1-5-26(33-25)30-16-19-10-13-34-14-11-19/h1,4-5,15,18-22,29H,2-3,6-14,16-17H2,(H,30,33)(H,31,32)/t20?,21?,22-/m1/s1. The topological polar surface area (TPSA) is 80.3 Å². The molecule has 3 N–H and O–H groups in total.